The monoisotopic (exact) mass is 75.0 g/mol. The molecule has 0 heterocycles. The van der Waals surface area contributed by atoms with E-state index in [9.17, 15) is 0 Å². The van der Waals surface area contributed by atoms with Gasteiger partial charge in [-0.15, -0.1) is 0 Å². The Bertz CT molecular complexity index is 31.9. The fourth-order valence-corrected chi connectivity index (χ4v) is 0. The molecular weight excluding hydrogens is 68.0 g/mol. The van der Waals surface area contributed by atoms with Crippen LogP contribution in [0, 0.1) is 0 Å². The van der Waals surface area contributed by atoms with Crippen LogP contribution < -0.4 is 0 Å². The van der Waals surface area contributed by atoms with Crippen LogP contribution in [-0.4, -0.2) is 18.2 Å². The molecule has 1 atom stereocenters. The minimum atomic E-state index is -0.727. The number of aliphatic hydroxyl groups excluding tert-OH is 1. The molecule has 1 unspecified atom stereocenters. The summed E-state index contributed by atoms with van der Waals surface area (Å²) in [7, 11) is 0. The van der Waals surface area contributed by atoms with Crippen LogP contribution in [0.3, 0.4) is 0 Å². The van der Waals surface area contributed by atoms with Crippen LogP contribution in [0.4, 0.5) is 0 Å². The van der Waals surface area contributed by atoms with Gasteiger partial charge in [0.05, 0.1) is 6.92 Å². The Labute approximate surface area is 30.7 Å². The summed E-state index contributed by atoms with van der Waals surface area (Å²) in [4.78, 5) is 0. The Hall–Kier alpha value is -0.370. The van der Waals surface area contributed by atoms with Crippen molar-refractivity contribution in [3.05, 3.63) is 0 Å². The summed E-state index contributed by atoms with van der Waals surface area (Å²) < 4.78 is 4.06. The summed E-state index contributed by atoms with van der Waals surface area (Å²) in [6, 6.07) is 0. The summed E-state index contributed by atoms with van der Waals surface area (Å²) in [6.45, 7) is 4.43. The molecule has 30 valence electrons. The van der Waals surface area contributed by atoms with E-state index in [0.717, 1.165) is 0 Å². The number of carbonyl (C=O) groups excluding carboxylic acids is 1. The maximum absolute atomic E-state index is 8.08. The van der Waals surface area contributed by atoms with Crippen LogP contribution in [0.2, 0.25) is 0 Å². The number of aliphatic hydroxyl groups is 1. The second-order valence-corrected chi connectivity index (χ2v) is 0.766. The lowest BCUT2D eigenvalue weighted by Gasteiger charge is -1.72. The van der Waals surface area contributed by atoms with Crippen molar-refractivity contribution in [2.75, 3.05) is 0 Å². The van der Waals surface area contributed by atoms with Crippen molar-refractivity contribution in [1.29, 1.82) is 0 Å². The van der Waals surface area contributed by atoms with E-state index in [1.807, 2.05) is 0 Å². The van der Waals surface area contributed by atoms with Crippen molar-refractivity contribution in [2.45, 2.75) is 13.2 Å². The van der Waals surface area contributed by atoms with Crippen LogP contribution in [0.15, 0.2) is 0 Å². The van der Waals surface area contributed by atoms with Gasteiger partial charge in [0.1, 0.15) is 0 Å². The third-order valence-corrected chi connectivity index (χ3v) is 0.241. The van der Waals surface area contributed by atoms with Gasteiger partial charge in [0.2, 0.25) is 0 Å². The van der Waals surface area contributed by atoms with E-state index in [1.165, 1.54) is 6.92 Å². The molecule has 0 bridgehead atoms. The second kappa shape index (κ2) is 1.91. The van der Waals surface area contributed by atoms with Crippen molar-refractivity contribution in [3.63, 3.8) is 0 Å². The molecule has 0 spiro atoms. The Balaban J connectivity index is 2.83. The smallest absolute Gasteiger partial charge is 0.313 e. The predicted molar refractivity (Wildman–Crippen MR) is 18.8 cm³/mol. The molecule has 0 aromatic heterocycles. The molecule has 0 radical (unpaired) electrons. The summed E-state index contributed by atoms with van der Waals surface area (Å²) in [5, 5.41) is 8.08. The van der Waals surface area contributed by atoms with Gasteiger partial charge in [0.15, 0.2) is 0 Å². The van der Waals surface area contributed by atoms with Gasteiger partial charge in [0.25, 0.3) is 6.79 Å². The first-order valence-electron chi connectivity index (χ1n) is 1.36. The van der Waals surface area contributed by atoms with Crippen molar-refractivity contribution in [2.24, 2.45) is 0 Å². The maximum atomic E-state index is 8.08. The molecule has 0 saturated carbocycles. The van der Waals surface area contributed by atoms with Gasteiger partial charge in [-0.3, -0.25) is 0 Å². The molecule has 0 fully saturated rings. The van der Waals surface area contributed by atoms with Crippen molar-refractivity contribution < 1.29 is 9.53 Å². The SMILES string of the molecule is C=[O+]C(C)O. The quantitative estimate of drug-likeness (QED) is 0.336. The molecule has 2 nitrogen and oxygen atoms in total. The lowest BCUT2D eigenvalue weighted by Crippen LogP contribution is -1.95. The van der Waals surface area contributed by atoms with Crippen LogP contribution in [0.1, 0.15) is 6.92 Å². The van der Waals surface area contributed by atoms with Crippen LogP contribution in [0.25, 0.3) is 0 Å². The molecule has 2 heteroatoms. The Morgan fingerprint density at radius 1 is 2.00 bits per heavy atom. The topological polar surface area (TPSA) is 31.5 Å². The molecule has 0 saturated heterocycles. The van der Waals surface area contributed by atoms with E-state index in [2.05, 4.69) is 11.2 Å². The lowest BCUT2D eigenvalue weighted by molar-refractivity contribution is -0.541. The Morgan fingerprint density at radius 3 is 2.20 bits per heavy atom. The first-order chi connectivity index (χ1) is 2.27. The van der Waals surface area contributed by atoms with E-state index in [4.69, 9.17) is 5.11 Å². The third kappa shape index (κ3) is 3.63. The van der Waals surface area contributed by atoms with E-state index in [0.29, 0.717) is 0 Å². The lowest BCUT2D eigenvalue weighted by atomic mass is 10.8. The average molecular weight is 75.1 g/mol. The zero-order valence-electron chi connectivity index (χ0n) is 3.14. The van der Waals surface area contributed by atoms with Crippen molar-refractivity contribution >= 4 is 6.79 Å². The number of hydrogen-bond acceptors (Lipinski definition) is 1. The number of hydrogen-bond donors (Lipinski definition) is 1. The third-order valence-electron chi connectivity index (χ3n) is 0.241. The summed E-state index contributed by atoms with van der Waals surface area (Å²) in [6.07, 6.45) is -0.727. The fraction of sp³-hybridized carbons (Fsp3) is 0.667. The van der Waals surface area contributed by atoms with Crippen LogP contribution >= 0.6 is 0 Å². The van der Waals surface area contributed by atoms with Gasteiger partial charge in [0, 0.05) is 0 Å². The standard InChI is InChI=1S/C3H7O2/c1-3(4)5-2/h3-4H,2H2,1H3/q+1. The highest BCUT2D eigenvalue weighted by Crippen LogP contribution is 1.64. The van der Waals surface area contributed by atoms with Crippen molar-refractivity contribution in [3.8, 4) is 0 Å². The zero-order chi connectivity index (χ0) is 4.28. The van der Waals surface area contributed by atoms with Gasteiger partial charge in [-0.1, -0.05) is 0 Å². The van der Waals surface area contributed by atoms with E-state index >= 15 is 0 Å². The summed E-state index contributed by atoms with van der Waals surface area (Å²) in [5.74, 6) is 0. The largest absolute Gasteiger partial charge is 0.374 e. The molecule has 0 rings (SSSR count). The van der Waals surface area contributed by atoms with Gasteiger partial charge in [-0.2, -0.15) is 0 Å². The van der Waals surface area contributed by atoms with Gasteiger partial charge >= 0.3 is 6.29 Å². The summed E-state index contributed by atoms with van der Waals surface area (Å²) >= 11 is 0. The molecule has 0 aromatic rings. The van der Waals surface area contributed by atoms with Gasteiger partial charge < -0.3 is 5.11 Å². The van der Waals surface area contributed by atoms with E-state index < -0.39 is 6.29 Å². The first-order valence-corrected chi connectivity index (χ1v) is 1.36. The Morgan fingerprint density at radius 2 is 2.20 bits per heavy atom. The fourth-order valence-electron chi connectivity index (χ4n) is 0. The minimum absolute atomic E-state index is 0.727. The molecular formula is C3H7O2+. The van der Waals surface area contributed by atoms with Gasteiger partial charge in [-0.25, -0.2) is 4.42 Å². The molecule has 1 N–H and O–H groups in total. The first kappa shape index (κ1) is 4.63. The normalized spacial score (nSPS) is 14.0. The minimum Gasteiger partial charge on any atom is -0.313 e. The zero-order valence-corrected chi connectivity index (χ0v) is 3.14. The molecule has 0 aliphatic rings. The number of rotatable bonds is 1. The van der Waals surface area contributed by atoms with Gasteiger partial charge in [-0.05, 0) is 0 Å². The predicted octanol–water partition coefficient (Wildman–Crippen LogP) is -0.311. The van der Waals surface area contributed by atoms with Crippen LogP contribution in [-0.2, 0) is 4.42 Å². The highest BCUT2D eigenvalue weighted by molar-refractivity contribution is 5.12. The average Bonchev–Trinajstić information content (AvgIpc) is 1.38. The van der Waals surface area contributed by atoms with E-state index in [1.54, 1.807) is 0 Å². The molecule has 0 aromatic carbocycles. The second-order valence-electron chi connectivity index (χ2n) is 0.766. The molecule has 0 aliphatic carbocycles. The van der Waals surface area contributed by atoms with E-state index in [-0.39, 0.29) is 0 Å². The molecule has 0 amide bonds. The summed E-state index contributed by atoms with van der Waals surface area (Å²) in [5.41, 5.74) is 0. The van der Waals surface area contributed by atoms with Crippen LogP contribution in [0.5, 0.6) is 0 Å². The van der Waals surface area contributed by atoms with Crippen molar-refractivity contribution in [1.82, 2.24) is 0 Å². The Kier molecular flexibility index (Phi) is 1.76. The highest BCUT2D eigenvalue weighted by atomic mass is 16.5. The molecule has 5 heavy (non-hydrogen) atoms. The molecule has 0 aliphatic heterocycles. The maximum Gasteiger partial charge on any atom is 0.374 e. The highest BCUT2D eigenvalue weighted by Gasteiger charge is 1.91.